The number of aromatic carboxylic acids is 1. The first-order valence-corrected chi connectivity index (χ1v) is 18.0. The summed E-state index contributed by atoms with van der Waals surface area (Å²) in [6, 6.07) is 32.2. The number of ether oxygens (including phenoxy) is 1. The molecule has 49 heavy (non-hydrogen) atoms. The molecule has 1 atom stereocenters. The molecule has 1 heterocycles. The molecule has 10 heteroatoms. The number of benzene rings is 4. The monoisotopic (exact) mass is 698 g/mol. The van der Waals surface area contributed by atoms with E-state index >= 15 is 0 Å². The lowest BCUT2D eigenvalue weighted by Gasteiger charge is -2.25. The van der Waals surface area contributed by atoms with E-state index in [2.05, 4.69) is 9.88 Å². The van der Waals surface area contributed by atoms with E-state index in [1.165, 1.54) is 12.1 Å². The minimum atomic E-state index is -4.04. The van der Waals surface area contributed by atoms with Gasteiger partial charge in [-0.2, -0.15) is 0 Å². The number of halogens is 1. The molecular formula is C39H39ClN2O6S. The van der Waals surface area contributed by atoms with Crippen molar-refractivity contribution in [3.8, 4) is 5.75 Å². The standard InChI is InChI=1S/C39H39ClN2O6S/c1-2-9-31-22-34(23-35(39(44)45)38(31)48-27-30-12-7-4-8-13-30)49(46,47)33-17-14-28(15-18-33)20-21-42(25-29-10-5-3-6-11-29)26-36(43)32-16-19-37(40)41-24-32/h3-8,10-19,22-24,36,43H,2,9,20-21,25-27H2,1H3,(H,44,45)/t36-/m0/s1. The van der Waals surface area contributed by atoms with E-state index in [4.69, 9.17) is 16.3 Å². The number of aliphatic hydroxyl groups excluding tert-OH is 1. The van der Waals surface area contributed by atoms with Gasteiger partial charge in [-0.25, -0.2) is 18.2 Å². The van der Waals surface area contributed by atoms with E-state index < -0.39 is 21.9 Å². The Hall–Kier alpha value is -4.54. The molecule has 0 saturated heterocycles. The normalized spacial score (nSPS) is 12.2. The molecule has 5 rings (SSSR count). The van der Waals surface area contributed by atoms with Crippen LogP contribution in [0.1, 0.15) is 57.6 Å². The number of sulfone groups is 1. The molecule has 0 bridgehead atoms. The summed E-state index contributed by atoms with van der Waals surface area (Å²) in [4.78, 5) is 18.6. The molecule has 2 N–H and O–H groups in total. The van der Waals surface area contributed by atoms with Crippen LogP contribution in [0.5, 0.6) is 5.75 Å². The Balaban J connectivity index is 1.33. The first-order valence-electron chi connectivity index (χ1n) is 16.1. The number of hydrogen-bond donors (Lipinski definition) is 2. The maximum atomic E-state index is 13.8. The number of nitrogens with zero attached hydrogens (tertiary/aromatic N) is 2. The number of aryl methyl sites for hydroxylation is 1. The van der Waals surface area contributed by atoms with Crippen LogP contribution < -0.4 is 4.74 Å². The van der Waals surface area contributed by atoms with Gasteiger partial charge < -0.3 is 14.9 Å². The fourth-order valence-electron chi connectivity index (χ4n) is 5.60. The van der Waals surface area contributed by atoms with Gasteiger partial charge >= 0.3 is 5.97 Å². The fraction of sp³-hybridized carbons (Fsp3) is 0.231. The zero-order chi connectivity index (χ0) is 34.8. The number of carboxylic acids is 1. The smallest absolute Gasteiger partial charge is 0.339 e. The van der Waals surface area contributed by atoms with Gasteiger partial charge in [0, 0.05) is 31.4 Å². The van der Waals surface area contributed by atoms with Crippen molar-refractivity contribution in [3.05, 3.63) is 154 Å². The number of aromatic nitrogens is 1. The molecular weight excluding hydrogens is 660 g/mol. The summed E-state index contributed by atoms with van der Waals surface area (Å²) >= 11 is 5.93. The molecule has 1 aromatic heterocycles. The van der Waals surface area contributed by atoms with Gasteiger partial charge in [0.1, 0.15) is 23.1 Å². The Bertz CT molecular complexity index is 1940. The lowest BCUT2D eigenvalue weighted by Crippen LogP contribution is -2.30. The summed E-state index contributed by atoms with van der Waals surface area (Å²) < 4.78 is 33.7. The molecule has 0 aliphatic carbocycles. The van der Waals surface area contributed by atoms with Crippen molar-refractivity contribution in [2.45, 2.75) is 55.2 Å². The van der Waals surface area contributed by atoms with E-state index in [-0.39, 0.29) is 27.7 Å². The van der Waals surface area contributed by atoms with Gasteiger partial charge in [-0.05, 0) is 65.4 Å². The maximum absolute atomic E-state index is 13.8. The van der Waals surface area contributed by atoms with Gasteiger partial charge in [0.15, 0.2) is 0 Å². The van der Waals surface area contributed by atoms with Crippen LogP contribution in [0.4, 0.5) is 0 Å². The lowest BCUT2D eigenvalue weighted by atomic mass is 10.0. The highest BCUT2D eigenvalue weighted by atomic mass is 35.5. The largest absolute Gasteiger partial charge is 0.488 e. The van der Waals surface area contributed by atoms with E-state index in [9.17, 15) is 23.4 Å². The van der Waals surface area contributed by atoms with Gasteiger partial charge in [0.25, 0.3) is 0 Å². The molecule has 0 fully saturated rings. The summed E-state index contributed by atoms with van der Waals surface area (Å²) in [5.74, 6) is -1.07. The van der Waals surface area contributed by atoms with E-state index in [0.29, 0.717) is 55.2 Å². The summed E-state index contributed by atoms with van der Waals surface area (Å²) in [5, 5.41) is 21.4. The minimum Gasteiger partial charge on any atom is -0.488 e. The SMILES string of the molecule is CCCc1cc(S(=O)(=O)c2ccc(CCN(Cc3ccccc3)C[C@H](O)c3ccc(Cl)nc3)cc2)cc(C(=O)O)c1OCc1ccccc1. The van der Waals surface area contributed by atoms with Crippen molar-refractivity contribution in [3.63, 3.8) is 0 Å². The first kappa shape index (κ1) is 35.8. The van der Waals surface area contributed by atoms with Crippen molar-refractivity contribution < 1.29 is 28.2 Å². The van der Waals surface area contributed by atoms with Gasteiger partial charge in [-0.1, -0.05) is 104 Å². The average molecular weight is 699 g/mol. The fourth-order valence-corrected chi connectivity index (χ4v) is 7.05. The molecule has 0 amide bonds. The molecule has 8 nitrogen and oxygen atoms in total. The van der Waals surface area contributed by atoms with Crippen LogP contribution in [-0.2, 0) is 35.8 Å². The van der Waals surface area contributed by atoms with Crippen molar-refractivity contribution in [1.82, 2.24) is 9.88 Å². The summed E-state index contributed by atoms with van der Waals surface area (Å²) in [6.45, 7) is 3.68. The molecule has 0 unspecified atom stereocenters. The zero-order valence-electron chi connectivity index (χ0n) is 27.2. The molecule has 0 aliphatic rings. The maximum Gasteiger partial charge on any atom is 0.339 e. The Morgan fingerprint density at radius 3 is 2.14 bits per heavy atom. The Kier molecular flexibility index (Phi) is 12.2. The second-order valence-electron chi connectivity index (χ2n) is 11.8. The van der Waals surface area contributed by atoms with Crippen molar-refractivity contribution in [2.24, 2.45) is 0 Å². The summed E-state index contributed by atoms with van der Waals surface area (Å²) in [7, 11) is -4.04. The van der Waals surface area contributed by atoms with Gasteiger partial charge in [-0.3, -0.25) is 4.90 Å². The van der Waals surface area contributed by atoms with E-state index in [1.807, 2.05) is 67.6 Å². The van der Waals surface area contributed by atoms with Crippen LogP contribution in [0.25, 0.3) is 0 Å². The number of carboxylic acid groups (broad SMARTS) is 1. The lowest BCUT2D eigenvalue weighted by molar-refractivity contribution is 0.0691. The quantitative estimate of drug-likeness (QED) is 0.101. The summed E-state index contributed by atoms with van der Waals surface area (Å²) in [5.41, 5.74) is 3.90. The molecule has 0 spiro atoms. The van der Waals surface area contributed by atoms with Gasteiger partial charge in [-0.15, -0.1) is 0 Å². The third kappa shape index (κ3) is 9.55. The highest BCUT2D eigenvalue weighted by molar-refractivity contribution is 7.91. The van der Waals surface area contributed by atoms with Crippen LogP contribution in [-0.4, -0.2) is 47.6 Å². The number of rotatable bonds is 16. The first-order chi connectivity index (χ1) is 23.6. The van der Waals surface area contributed by atoms with Crippen molar-refractivity contribution in [2.75, 3.05) is 13.1 Å². The molecule has 254 valence electrons. The molecule has 5 aromatic rings. The van der Waals surface area contributed by atoms with Gasteiger partial charge in [0.2, 0.25) is 9.84 Å². The third-order valence-electron chi connectivity index (χ3n) is 8.19. The van der Waals surface area contributed by atoms with Gasteiger partial charge in [0.05, 0.1) is 15.9 Å². The molecule has 0 radical (unpaired) electrons. The van der Waals surface area contributed by atoms with Crippen LogP contribution in [0.3, 0.4) is 0 Å². The van der Waals surface area contributed by atoms with E-state index in [1.54, 1.807) is 42.6 Å². The zero-order valence-corrected chi connectivity index (χ0v) is 28.8. The van der Waals surface area contributed by atoms with Crippen LogP contribution >= 0.6 is 11.6 Å². The second-order valence-corrected chi connectivity index (χ2v) is 14.2. The third-order valence-corrected chi connectivity index (χ3v) is 10.2. The van der Waals surface area contributed by atoms with Crippen LogP contribution in [0, 0.1) is 0 Å². The predicted molar refractivity (Wildman–Crippen MR) is 190 cm³/mol. The average Bonchev–Trinajstić information content (AvgIpc) is 3.11. The van der Waals surface area contributed by atoms with Crippen molar-refractivity contribution >= 4 is 27.4 Å². The van der Waals surface area contributed by atoms with Crippen LogP contribution in [0.15, 0.2) is 125 Å². The number of aliphatic hydroxyl groups is 1. The Morgan fingerprint density at radius 2 is 1.53 bits per heavy atom. The highest BCUT2D eigenvalue weighted by Crippen LogP contribution is 2.33. The highest BCUT2D eigenvalue weighted by Gasteiger charge is 2.25. The van der Waals surface area contributed by atoms with E-state index in [0.717, 1.165) is 16.7 Å². The number of pyridine rings is 1. The number of hydrogen-bond acceptors (Lipinski definition) is 7. The molecule has 0 saturated carbocycles. The Labute approximate surface area is 292 Å². The second kappa shape index (κ2) is 16.7. The molecule has 4 aromatic carbocycles. The Morgan fingerprint density at radius 1 is 0.857 bits per heavy atom. The topological polar surface area (TPSA) is 117 Å². The van der Waals surface area contributed by atoms with Crippen LogP contribution in [0.2, 0.25) is 5.15 Å². The van der Waals surface area contributed by atoms with Crippen molar-refractivity contribution in [1.29, 1.82) is 0 Å². The summed E-state index contributed by atoms with van der Waals surface area (Å²) in [6.07, 6.45) is 2.53. The molecule has 0 aliphatic heterocycles. The minimum absolute atomic E-state index is 0.0693. The predicted octanol–water partition coefficient (Wildman–Crippen LogP) is 7.58. The number of carbonyl (C=O) groups is 1.